The minimum absolute atomic E-state index is 0.0802. The lowest BCUT2D eigenvalue weighted by atomic mass is 9.99. The second kappa shape index (κ2) is 10.0. The fraction of sp³-hybridized carbons (Fsp3) is 0.214. The van der Waals surface area contributed by atoms with Crippen molar-refractivity contribution in [2.45, 2.75) is 26.4 Å². The summed E-state index contributed by atoms with van der Waals surface area (Å²) < 4.78 is 6.97. The van der Waals surface area contributed by atoms with Crippen LogP contribution in [0.1, 0.15) is 33.9 Å². The molecule has 3 aromatic carbocycles. The number of anilines is 1. The molecule has 1 aromatic heterocycles. The predicted molar refractivity (Wildman–Crippen MR) is 138 cm³/mol. The lowest BCUT2D eigenvalue weighted by molar-refractivity contribution is -0.119. The summed E-state index contributed by atoms with van der Waals surface area (Å²) in [5.41, 5.74) is 6.30. The number of tetrazole rings is 1. The Kier molecular flexibility index (Phi) is 6.49. The first-order valence-electron chi connectivity index (χ1n) is 11.8. The SMILES string of the molecule is COc1ccc(CNC(=O)CN2C(c3ccc(C)cc3)=C[C@H](c3ccc(C)cc3)n3nnnc32)cc1. The van der Waals surface area contributed by atoms with Crippen molar-refractivity contribution in [3.05, 3.63) is 107 Å². The van der Waals surface area contributed by atoms with Crippen LogP contribution in [0.4, 0.5) is 5.95 Å². The standard InChI is InChI=1S/C28H28N6O2/c1-19-4-10-22(11-5-19)25-16-26(23-12-6-20(2)7-13-23)34-28(30-31-32-34)33(25)18-27(35)29-17-21-8-14-24(36-3)15-9-21/h4-16,26H,17-18H2,1-3H3,(H,29,35)/t26-/m1/s1. The molecule has 0 saturated heterocycles. The van der Waals surface area contributed by atoms with Crippen LogP contribution in [-0.4, -0.2) is 39.8 Å². The van der Waals surface area contributed by atoms with Gasteiger partial charge in [0.2, 0.25) is 5.91 Å². The number of methoxy groups -OCH3 is 1. The monoisotopic (exact) mass is 480 g/mol. The van der Waals surface area contributed by atoms with E-state index in [-0.39, 0.29) is 18.5 Å². The highest BCUT2D eigenvalue weighted by molar-refractivity contribution is 5.89. The number of ether oxygens (including phenoxy) is 1. The van der Waals surface area contributed by atoms with Gasteiger partial charge in [-0.3, -0.25) is 9.69 Å². The highest BCUT2D eigenvalue weighted by Gasteiger charge is 2.31. The van der Waals surface area contributed by atoms with Gasteiger partial charge in [0.15, 0.2) is 0 Å². The first-order valence-corrected chi connectivity index (χ1v) is 11.8. The molecule has 4 aromatic rings. The molecule has 1 N–H and O–H groups in total. The molecule has 36 heavy (non-hydrogen) atoms. The lowest BCUT2D eigenvalue weighted by Crippen LogP contribution is -2.39. The molecule has 0 fully saturated rings. The number of carbonyl (C=O) groups excluding carboxylic acids is 1. The maximum atomic E-state index is 13.1. The van der Waals surface area contributed by atoms with Crippen LogP contribution in [0.15, 0.2) is 78.9 Å². The summed E-state index contributed by atoms with van der Waals surface area (Å²) in [6.07, 6.45) is 2.12. The Labute approximate surface area is 210 Å². The van der Waals surface area contributed by atoms with E-state index in [1.54, 1.807) is 11.8 Å². The molecule has 1 amide bonds. The first-order chi connectivity index (χ1) is 17.5. The van der Waals surface area contributed by atoms with Gasteiger partial charge in [-0.2, -0.15) is 4.68 Å². The van der Waals surface area contributed by atoms with Gasteiger partial charge in [-0.15, -0.1) is 0 Å². The van der Waals surface area contributed by atoms with Gasteiger partial charge in [0.1, 0.15) is 18.3 Å². The van der Waals surface area contributed by atoms with Crippen LogP contribution in [-0.2, 0) is 11.3 Å². The Morgan fingerprint density at radius 3 is 2.28 bits per heavy atom. The van der Waals surface area contributed by atoms with E-state index >= 15 is 0 Å². The zero-order valence-corrected chi connectivity index (χ0v) is 20.5. The van der Waals surface area contributed by atoms with Gasteiger partial charge >= 0.3 is 0 Å². The van der Waals surface area contributed by atoms with Crippen molar-refractivity contribution in [2.75, 3.05) is 18.6 Å². The minimum atomic E-state index is -0.189. The third kappa shape index (κ3) is 4.84. The molecule has 0 spiro atoms. The quantitative estimate of drug-likeness (QED) is 0.429. The number of allylic oxidation sites excluding steroid dienone is 1. The molecule has 0 unspecified atom stereocenters. The Morgan fingerprint density at radius 2 is 1.61 bits per heavy atom. The van der Waals surface area contributed by atoms with Gasteiger partial charge in [0.05, 0.1) is 12.8 Å². The number of nitrogens with one attached hydrogen (secondary N) is 1. The van der Waals surface area contributed by atoms with Crippen molar-refractivity contribution in [3.8, 4) is 5.75 Å². The number of fused-ring (bicyclic) bond motifs is 1. The molecule has 0 saturated carbocycles. The van der Waals surface area contributed by atoms with E-state index in [1.807, 2.05) is 29.2 Å². The highest BCUT2D eigenvalue weighted by atomic mass is 16.5. The van der Waals surface area contributed by atoms with E-state index in [1.165, 1.54) is 11.1 Å². The molecule has 2 heterocycles. The molecule has 1 atom stereocenters. The number of aromatic nitrogens is 4. The number of hydrogen-bond donors (Lipinski definition) is 1. The summed E-state index contributed by atoms with van der Waals surface area (Å²) in [5.74, 6) is 1.17. The van der Waals surface area contributed by atoms with E-state index in [9.17, 15) is 4.79 Å². The number of amides is 1. The third-order valence-corrected chi connectivity index (χ3v) is 6.30. The van der Waals surface area contributed by atoms with Crippen molar-refractivity contribution in [3.63, 3.8) is 0 Å². The van der Waals surface area contributed by atoms with Gasteiger partial charge in [-0.1, -0.05) is 76.9 Å². The summed E-state index contributed by atoms with van der Waals surface area (Å²) in [6, 6.07) is 24.0. The second-order valence-electron chi connectivity index (χ2n) is 8.91. The van der Waals surface area contributed by atoms with Crippen LogP contribution < -0.4 is 15.0 Å². The zero-order chi connectivity index (χ0) is 25.1. The Morgan fingerprint density at radius 1 is 0.944 bits per heavy atom. The van der Waals surface area contributed by atoms with Crippen molar-refractivity contribution in [1.29, 1.82) is 0 Å². The molecule has 0 bridgehead atoms. The van der Waals surface area contributed by atoms with Gasteiger partial charge < -0.3 is 10.1 Å². The molecule has 1 aliphatic heterocycles. The zero-order valence-electron chi connectivity index (χ0n) is 20.5. The second-order valence-corrected chi connectivity index (χ2v) is 8.91. The minimum Gasteiger partial charge on any atom is -0.497 e. The van der Waals surface area contributed by atoms with E-state index in [2.05, 4.69) is 89.3 Å². The summed E-state index contributed by atoms with van der Waals surface area (Å²) >= 11 is 0. The van der Waals surface area contributed by atoms with Crippen LogP contribution >= 0.6 is 0 Å². The summed E-state index contributed by atoms with van der Waals surface area (Å²) in [7, 11) is 1.63. The molecular weight excluding hydrogens is 452 g/mol. The molecule has 8 heteroatoms. The number of benzene rings is 3. The molecule has 182 valence electrons. The van der Waals surface area contributed by atoms with Gasteiger partial charge in [0, 0.05) is 6.54 Å². The lowest BCUT2D eigenvalue weighted by Gasteiger charge is -2.32. The average Bonchev–Trinajstić information content (AvgIpc) is 3.39. The predicted octanol–water partition coefficient (Wildman–Crippen LogP) is 4.07. The maximum absolute atomic E-state index is 13.1. The van der Waals surface area contributed by atoms with Crippen molar-refractivity contribution in [1.82, 2.24) is 25.5 Å². The van der Waals surface area contributed by atoms with E-state index in [4.69, 9.17) is 4.74 Å². The fourth-order valence-corrected chi connectivity index (χ4v) is 4.24. The normalized spacial score (nSPS) is 14.7. The Bertz CT molecular complexity index is 1380. The van der Waals surface area contributed by atoms with Gasteiger partial charge in [-0.25, -0.2) is 0 Å². The van der Waals surface area contributed by atoms with Crippen LogP contribution in [0.3, 0.4) is 0 Å². The highest BCUT2D eigenvalue weighted by Crippen LogP contribution is 2.36. The van der Waals surface area contributed by atoms with E-state index < -0.39 is 0 Å². The number of nitrogens with zero attached hydrogens (tertiary/aromatic N) is 5. The van der Waals surface area contributed by atoms with Crippen molar-refractivity contribution < 1.29 is 9.53 Å². The smallest absolute Gasteiger partial charge is 0.251 e. The largest absolute Gasteiger partial charge is 0.497 e. The first kappa shape index (κ1) is 23.3. The van der Waals surface area contributed by atoms with Gasteiger partial charge in [0.25, 0.3) is 5.95 Å². The molecule has 1 aliphatic rings. The van der Waals surface area contributed by atoms with Gasteiger partial charge in [-0.05, 0) is 59.2 Å². The fourth-order valence-electron chi connectivity index (χ4n) is 4.24. The number of carbonyl (C=O) groups is 1. The summed E-state index contributed by atoms with van der Waals surface area (Å²) in [5, 5.41) is 15.5. The van der Waals surface area contributed by atoms with Crippen LogP contribution in [0, 0.1) is 13.8 Å². The molecule has 8 nitrogen and oxygen atoms in total. The molecular formula is C28H28N6O2. The van der Waals surface area contributed by atoms with Crippen molar-refractivity contribution in [2.24, 2.45) is 0 Å². The molecule has 5 rings (SSSR count). The van der Waals surface area contributed by atoms with E-state index in [0.29, 0.717) is 12.5 Å². The Hall–Kier alpha value is -4.46. The Balaban J connectivity index is 1.44. The summed E-state index contributed by atoms with van der Waals surface area (Å²) in [6.45, 7) is 4.61. The van der Waals surface area contributed by atoms with Crippen LogP contribution in [0.2, 0.25) is 0 Å². The number of rotatable bonds is 7. The topological polar surface area (TPSA) is 85.2 Å². The van der Waals surface area contributed by atoms with E-state index in [0.717, 1.165) is 28.1 Å². The maximum Gasteiger partial charge on any atom is 0.251 e. The van der Waals surface area contributed by atoms with Crippen LogP contribution in [0.25, 0.3) is 5.70 Å². The van der Waals surface area contributed by atoms with Crippen LogP contribution in [0.5, 0.6) is 5.75 Å². The third-order valence-electron chi connectivity index (χ3n) is 6.30. The summed E-state index contributed by atoms with van der Waals surface area (Å²) in [4.78, 5) is 15.0. The average molecular weight is 481 g/mol. The van der Waals surface area contributed by atoms with Crippen molar-refractivity contribution >= 4 is 17.6 Å². The molecule has 0 radical (unpaired) electrons. The number of aryl methyl sites for hydroxylation is 2. The molecule has 0 aliphatic carbocycles. The number of hydrogen-bond acceptors (Lipinski definition) is 6.